The van der Waals surface area contributed by atoms with Crippen molar-refractivity contribution in [3.8, 4) is 0 Å². The van der Waals surface area contributed by atoms with Gasteiger partial charge in [0.2, 0.25) is 0 Å². The van der Waals surface area contributed by atoms with E-state index in [1.807, 2.05) is 0 Å². The zero-order valence-corrected chi connectivity index (χ0v) is 38.0. The van der Waals surface area contributed by atoms with Crippen molar-refractivity contribution >= 4 is 37.1 Å². The molecule has 61 heavy (non-hydrogen) atoms. The van der Waals surface area contributed by atoms with Crippen LogP contribution >= 0.6 is 15.8 Å². The van der Waals surface area contributed by atoms with Gasteiger partial charge in [-0.1, -0.05) is 121 Å². The van der Waals surface area contributed by atoms with E-state index >= 15 is 0 Å². The molecule has 0 saturated heterocycles. The van der Waals surface area contributed by atoms with Gasteiger partial charge in [-0.25, -0.2) is 26.3 Å². The maximum absolute atomic E-state index is 12.0. The first-order valence-electron chi connectivity index (χ1n) is 17.0. The van der Waals surface area contributed by atoms with Crippen LogP contribution in [0.4, 0.5) is 43.9 Å². The molecule has 0 nitrogen and oxygen atoms in total. The number of benzene rings is 6. The second-order valence-electron chi connectivity index (χ2n) is 11.7. The van der Waals surface area contributed by atoms with Crippen LogP contribution in [0.1, 0.15) is 0 Å². The molecule has 322 valence electrons. The molecule has 8 rings (SSSR count). The van der Waals surface area contributed by atoms with Gasteiger partial charge in [0.05, 0.1) is 58.2 Å². The Balaban J connectivity index is 0.000000283. The normalized spacial score (nSPS) is 13.3. The second-order valence-corrected chi connectivity index (χ2v) is 16.1. The van der Waals surface area contributed by atoms with E-state index in [1.54, 1.807) is 0 Å². The van der Waals surface area contributed by atoms with Crippen molar-refractivity contribution in [2.24, 2.45) is 0 Å². The Morgan fingerprint density at radius 1 is 0.295 bits per heavy atom. The Bertz CT molecular complexity index is 1900. The van der Waals surface area contributed by atoms with E-state index in [0.717, 1.165) is 12.1 Å². The van der Waals surface area contributed by atoms with Crippen LogP contribution in [0.5, 0.6) is 0 Å². The van der Waals surface area contributed by atoms with Gasteiger partial charge in [-0.2, -0.15) is 0 Å². The van der Waals surface area contributed by atoms with Crippen molar-refractivity contribution in [2.45, 2.75) is 0 Å². The van der Waals surface area contributed by atoms with E-state index in [4.69, 9.17) is 0 Å². The van der Waals surface area contributed by atoms with Crippen molar-refractivity contribution in [1.82, 2.24) is 0 Å². The zero-order chi connectivity index (χ0) is 41.6. The molecular formula is C46H28Au2F10FeP2. The van der Waals surface area contributed by atoms with E-state index < -0.39 is 74.0 Å². The van der Waals surface area contributed by atoms with Crippen molar-refractivity contribution in [3.63, 3.8) is 0 Å². The van der Waals surface area contributed by atoms with Crippen LogP contribution in [0.2, 0.25) is 0 Å². The average molecular weight is 1280 g/mol. The number of hydrogen-bond donors (Lipinski definition) is 0. The third-order valence-electron chi connectivity index (χ3n) is 7.84. The summed E-state index contributed by atoms with van der Waals surface area (Å²) in [6.07, 6.45) is 17.4. The minimum atomic E-state index is -2.17. The van der Waals surface area contributed by atoms with E-state index in [-0.39, 0.29) is 61.8 Å². The Hall–Kier alpha value is -2.52. The SMILES string of the molecule is Fc1[c-]c(F)c(F)c(F)c1F.Fc1[c-]c(F)c(F)c(F)c1F.[Au+].[Au+].[CH]1[CH][CH][C](P(c2ccccc2)c2ccccc2)[CH]1.[CH]1[CH][CH][C](P(c2ccccc2)c2ccccc2)[CH]1.[Fe]. The van der Waals surface area contributed by atoms with Gasteiger partial charge in [0.1, 0.15) is 0 Å². The minimum absolute atomic E-state index is 0. The molecule has 2 aliphatic carbocycles. The first kappa shape index (κ1) is 54.6. The smallest absolute Gasteiger partial charge is 0.278 e. The summed E-state index contributed by atoms with van der Waals surface area (Å²) < 4.78 is 120. The standard InChI is InChI=1S/2C17H14P.2C6F5.2Au.Fe/c2*1-3-9-15(10-4-1)18(17-13-7-8-14-17)16-11-5-2-6-12-16;2*7-2-1-3(8)5(10)6(11)4(2)9;;;/h2*1-14H;;;;;/q;;2*-1;2*+1;. The first-order valence-corrected chi connectivity index (χ1v) is 19.7. The van der Waals surface area contributed by atoms with Crippen LogP contribution < -0.4 is 21.2 Å². The van der Waals surface area contributed by atoms with Crippen LogP contribution in [0.15, 0.2) is 121 Å². The molecule has 0 bridgehead atoms. The van der Waals surface area contributed by atoms with Gasteiger partial charge in [-0.3, -0.25) is 17.6 Å². The van der Waals surface area contributed by atoms with Crippen LogP contribution in [0, 0.1) is 133 Å². The molecular weight excluding hydrogens is 1250 g/mol. The van der Waals surface area contributed by atoms with Gasteiger partial charge in [-0.15, -0.1) is 12.1 Å². The first-order chi connectivity index (χ1) is 28.0. The molecule has 0 heterocycles. The van der Waals surface area contributed by atoms with Crippen molar-refractivity contribution in [1.29, 1.82) is 0 Å². The van der Waals surface area contributed by atoms with E-state index in [1.165, 1.54) is 32.5 Å². The molecule has 2 fully saturated rings. The summed E-state index contributed by atoms with van der Waals surface area (Å²) >= 11 is 0. The molecule has 0 atom stereocenters. The summed E-state index contributed by atoms with van der Waals surface area (Å²) in [7, 11) is -0.818. The number of rotatable bonds is 6. The van der Waals surface area contributed by atoms with E-state index in [9.17, 15) is 43.9 Å². The number of hydrogen-bond acceptors (Lipinski definition) is 0. The number of halogens is 10. The fourth-order valence-corrected chi connectivity index (χ4v) is 9.83. The van der Waals surface area contributed by atoms with Gasteiger partial charge in [-0.05, 0) is 88.4 Å². The molecule has 0 N–H and O–H groups in total. The van der Waals surface area contributed by atoms with Crippen LogP contribution in [-0.4, -0.2) is 0 Å². The molecule has 0 amide bonds. The Morgan fingerprint density at radius 3 is 0.689 bits per heavy atom. The van der Waals surface area contributed by atoms with E-state index in [2.05, 4.69) is 173 Å². The maximum Gasteiger partial charge on any atom is 1.00 e. The molecule has 6 aromatic rings. The molecule has 2 aliphatic rings. The van der Waals surface area contributed by atoms with Crippen molar-refractivity contribution in [3.05, 3.63) is 254 Å². The quantitative estimate of drug-likeness (QED) is 0.0389. The molecule has 10 radical (unpaired) electrons. The summed E-state index contributed by atoms with van der Waals surface area (Å²) in [5.74, 6) is -20.1. The predicted octanol–water partition coefficient (Wildman–Crippen LogP) is 11.3. The molecule has 0 unspecified atom stereocenters. The molecule has 15 heteroatoms. The van der Waals surface area contributed by atoms with Gasteiger partial charge < -0.3 is 0 Å². The Morgan fingerprint density at radius 2 is 0.492 bits per heavy atom. The maximum atomic E-state index is 12.0. The second kappa shape index (κ2) is 27.6. The van der Waals surface area contributed by atoms with Crippen LogP contribution in [0.3, 0.4) is 0 Å². The third-order valence-corrected chi connectivity index (χ3v) is 12.7. The summed E-state index contributed by atoms with van der Waals surface area (Å²) in [5, 5.41) is 5.63. The molecule has 0 aliphatic heterocycles. The Kier molecular flexibility index (Phi) is 24.7. The molecule has 2 saturated carbocycles. The predicted molar refractivity (Wildman–Crippen MR) is 209 cm³/mol. The van der Waals surface area contributed by atoms with E-state index in [0.29, 0.717) is 0 Å². The topological polar surface area (TPSA) is 0 Å². The summed E-state index contributed by atoms with van der Waals surface area (Å²) in [5.41, 5.74) is 2.84. The molecule has 0 aromatic heterocycles. The summed E-state index contributed by atoms with van der Waals surface area (Å²) in [4.78, 5) is 0. The minimum Gasteiger partial charge on any atom is -0.278 e. The Labute approximate surface area is 394 Å². The largest absolute Gasteiger partial charge is 1.00 e. The fourth-order valence-electron chi connectivity index (χ4n) is 5.22. The van der Waals surface area contributed by atoms with Crippen LogP contribution in [-0.2, 0) is 61.8 Å². The third kappa shape index (κ3) is 15.3. The van der Waals surface area contributed by atoms with Crippen molar-refractivity contribution < 1.29 is 106 Å². The molecule has 0 spiro atoms. The van der Waals surface area contributed by atoms with Gasteiger partial charge in [0.15, 0.2) is 0 Å². The fraction of sp³-hybridized carbons (Fsp3) is 0. The van der Waals surface area contributed by atoms with Gasteiger partial charge >= 0.3 is 44.8 Å². The van der Waals surface area contributed by atoms with Gasteiger partial charge in [0, 0.05) is 28.4 Å². The molecule has 6 aromatic carbocycles. The zero-order valence-electron chi connectivity index (χ0n) is 30.8. The van der Waals surface area contributed by atoms with Crippen LogP contribution in [0.25, 0.3) is 0 Å². The monoisotopic (exact) mass is 1280 g/mol. The summed E-state index contributed by atoms with van der Waals surface area (Å²) in [6, 6.07) is 45.1. The van der Waals surface area contributed by atoms with Crippen molar-refractivity contribution in [2.75, 3.05) is 0 Å². The van der Waals surface area contributed by atoms with Gasteiger partial charge in [0.25, 0.3) is 0 Å². The summed E-state index contributed by atoms with van der Waals surface area (Å²) in [6.45, 7) is 0. The average Bonchev–Trinajstić information content (AvgIpc) is 4.00.